The summed E-state index contributed by atoms with van der Waals surface area (Å²) >= 11 is 0. The van der Waals surface area contributed by atoms with Crippen molar-refractivity contribution in [2.75, 3.05) is 0 Å². The molecule has 1 nitrogen and oxygen atoms in total. The van der Waals surface area contributed by atoms with Gasteiger partial charge in [0.25, 0.3) is 0 Å². The molecule has 0 unspecified atom stereocenters. The van der Waals surface area contributed by atoms with E-state index in [0.29, 0.717) is 0 Å². The number of hydrogen-bond acceptors (Lipinski definition) is 0. The Bertz CT molecular complexity index is 695. The maximum absolute atomic E-state index is 3.53. The molecule has 0 spiro atoms. The molecule has 1 heteroatoms. The van der Waals surface area contributed by atoms with Gasteiger partial charge in [0.05, 0.1) is 0 Å². The Labute approximate surface area is 133 Å². The maximum atomic E-state index is 3.53. The standard InChI is InChI=1S/C21H23N/c1-2-3-6-15-20-21(18-13-9-5-10-14-18)19(16-22-20)17-11-7-4-8-12-17/h4-5,7-14,16,22H,2-3,6,15H2,1H3. The zero-order valence-electron chi connectivity index (χ0n) is 13.2. The van der Waals surface area contributed by atoms with Crippen molar-refractivity contribution in [1.82, 2.24) is 4.98 Å². The Hall–Kier alpha value is -2.28. The van der Waals surface area contributed by atoms with Crippen molar-refractivity contribution in [3.63, 3.8) is 0 Å². The van der Waals surface area contributed by atoms with Gasteiger partial charge in [-0.3, -0.25) is 0 Å². The van der Waals surface area contributed by atoms with Crippen LogP contribution in [0.25, 0.3) is 22.3 Å². The summed E-state index contributed by atoms with van der Waals surface area (Å²) < 4.78 is 0. The maximum Gasteiger partial charge on any atom is 0.0233 e. The van der Waals surface area contributed by atoms with Gasteiger partial charge in [0, 0.05) is 23.0 Å². The predicted molar refractivity (Wildman–Crippen MR) is 94.9 cm³/mol. The van der Waals surface area contributed by atoms with Gasteiger partial charge in [-0.15, -0.1) is 0 Å². The van der Waals surface area contributed by atoms with Crippen molar-refractivity contribution >= 4 is 0 Å². The van der Waals surface area contributed by atoms with E-state index in [9.17, 15) is 0 Å². The molecule has 0 saturated carbocycles. The highest BCUT2D eigenvalue weighted by Crippen LogP contribution is 2.35. The number of aromatic nitrogens is 1. The molecular weight excluding hydrogens is 266 g/mol. The molecule has 1 N–H and O–H groups in total. The number of aromatic amines is 1. The lowest BCUT2D eigenvalue weighted by Gasteiger charge is -2.08. The molecule has 112 valence electrons. The van der Waals surface area contributed by atoms with Gasteiger partial charge in [-0.25, -0.2) is 0 Å². The Balaban J connectivity index is 2.04. The van der Waals surface area contributed by atoms with Crippen molar-refractivity contribution in [1.29, 1.82) is 0 Å². The van der Waals surface area contributed by atoms with Crippen LogP contribution in [0.15, 0.2) is 66.9 Å². The van der Waals surface area contributed by atoms with E-state index in [4.69, 9.17) is 0 Å². The number of hydrogen-bond donors (Lipinski definition) is 1. The van der Waals surface area contributed by atoms with E-state index in [0.717, 1.165) is 6.42 Å². The van der Waals surface area contributed by atoms with Crippen molar-refractivity contribution < 1.29 is 0 Å². The third kappa shape index (κ3) is 3.14. The molecule has 3 rings (SSSR count). The minimum absolute atomic E-state index is 1.12. The molecule has 1 aromatic heterocycles. The normalized spacial score (nSPS) is 10.8. The van der Waals surface area contributed by atoms with Crippen LogP contribution in [0.1, 0.15) is 31.9 Å². The zero-order chi connectivity index (χ0) is 15.2. The largest absolute Gasteiger partial charge is 0.364 e. The lowest BCUT2D eigenvalue weighted by atomic mass is 9.95. The topological polar surface area (TPSA) is 15.8 Å². The summed E-state index contributed by atoms with van der Waals surface area (Å²) in [5, 5.41) is 0. The summed E-state index contributed by atoms with van der Waals surface area (Å²) in [4.78, 5) is 3.53. The van der Waals surface area contributed by atoms with E-state index in [1.54, 1.807) is 0 Å². The van der Waals surface area contributed by atoms with Crippen molar-refractivity contribution in [3.8, 4) is 22.3 Å². The third-order valence-electron chi connectivity index (χ3n) is 4.14. The van der Waals surface area contributed by atoms with Crippen LogP contribution < -0.4 is 0 Å². The molecule has 0 atom stereocenters. The second-order valence-corrected chi connectivity index (χ2v) is 5.75. The minimum atomic E-state index is 1.12. The second-order valence-electron chi connectivity index (χ2n) is 5.75. The average Bonchev–Trinajstić information content (AvgIpc) is 3.01. The molecule has 0 radical (unpaired) electrons. The van der Waals surface area contributed by atoms with Crippen molar-refractivity contribution in [2.24, 2.45) is 0 Å². The smallest absolute Gasteiger partial charge is 0.0233 e. The van der Waals surface area contributed by atoms with Gasteiger partial charge in [0.15, 0.2) is 0 Å². The van der Waals surface area contributed by atoms with E-state index < -0.39 is 0 Å². The summed E-state index contributed by atoms with van der Waals surface area (Å²) in [7, 11) is 0. The van der Waals surface area contributed by atoms with Gasteiger partial charge in [-0.05, 0) is 24.0 Å². The Kier molecular flexibility index (Phi) is 4.75. The fourth-order valence-electron chi connectivity index (χ4n) is 3.00. The quantitative estimate of drug-likeness (QED) is 0.529. The average molecular weight is 289 g/mol. The zero-order valence-corrected chi connectivity index (χ0v) is 13.2. The first-order valence-corrected chi connectivity index (χ1v) is 8.21. The van der Waals surface area contributed by atoms with Crippen LogP contribution in [0.2, 0.25) is 0 Å². The molecule has 0 aliphatic carbocycles. The highest BCUT2D eigenvalue weighted by Gasteiger charge is 2.14. The monoisotopic (exact) mass is 289 g/mol. The first kappa shape index (κ1) is 14.6. The van der Waals surface area contributed by atoms with Crippen LogP contribution in [-0.2, 0) is 6.42 Å². The van der Waals surface area contributed by atoms with E-state index in [-0.39, 0.29) is 0 Å². The molecule has 0 bridgehead atoms. The van der Waals surface area contributed by atoms with E-state index in [1.807, 2.05) is 0 Å². The van der Waals surface area contributed by atoms with Gasteiger partial charge in [-0.2, -0.15) is 0 Å². The van der Waals surface area contributed by atoms with Gasteiger partial charge >= 0.3 is 0 Å². The molecule has 0 saturated heterocycles. The van der Waals surface area contributed by atoms with Gasteiger partial charge in [-0.1, -0.05) is 80.4 Å². The molecular formula is C21H23N. The summed E-state index contributed by atoms with van der Waals surface area (Å²) in [6.07, 6.45) is 7.07. The molecule has 0 aliphatic heterocycles. The number of rotatable bonds is 6. The summed E-state index contributed by atoms with van der Waals surface area (Å²) in [6.45, 7) is 2.25. The fraction of sp³-hybridized carbons (Fsp3) is 0.238. The van der Waals surface area contributed by atoms with E-state index in [1.165, 1.54) is 47.2 Å². The number of H-pyrrole nitrogens is 1. The molecule has 22 heavy (non-hydrogen) atoms. The third-order valence-corrected chi connectivity index (χ3v) is 4.14. The Morgan fingerprint density at radius 1 is 0.773 bits per heavy atom. The molecule has 0 fully saturated rings. The molecule has 3 aromatic rings. The highest BCUT2D eigenvalue weighted by atomic mass is 14.7. The lowest BCUT2D eigenvalue weighted by molar-refractivity contribution is 0.710. The molecule has 2 aromatic carbocycles. The number of unbranched alkanes of at least 4 members (excludes halogenated alkanes) is 2. The lowest BCUT2D eigenvalue weighted by Crippen LogP contribution is -1.90. The van der Waals surface area contributed by atoms with Crippen LogP contribution in [-0.4, -0.2) is 4.98 Å². The van der Waals surface area contributed by atoms with Crippen LogP contribution in [0, 0.1) is 0 Å². The Morgan fingerprint density at radius 3 is 2.05 bits per heavy atom. The molecule has 0 amide bonds. The minimum Gasteiger partial charge on any atom is -0.364 e. The summed E-state index contributed by atoms with van der Waals surface area (Å²) in [5.41, 5.74) is 6.60. The van der Waals surface area contributed by atoms with Crippen LogP contribution in [0.4, 0.5) is 0 Å². The van der Waals surface area contributed by atoms with Gasteiger partial charge < -0.3 is 4.98 Å². The number of nitrogens with one attached hydrogen (secondary N) is 1. The fourth-order valence-corrected chi connectivity index (χ4v) is 3.00. The summed E-state index contributed by atoms with van der Waals surface area (Å²) in [5.74, 6) is 0. The van der Waals surface area contributed by atoms with Crippen LogP contribution >= 0.6 is 0 Å². The van der Waals surface area contributed by atoms with Gasteiger partial charge in [0.2, 0.25) is 0 Å². The number of benzene rings is 2. The van der Waals surface area contributed by atoms with Gasteiger partial charge in [0.1, 0.15) is 0 Å². The number of aryl methyl sites for hydroxylation is 1. The first-order chi connectivity index (χ1) is 10.9. The summed E-state index contributed by atoms with van der Waals surface area (Å²) in [6, 6.07) is 21.4. The Morgan fingerprint density at radius 2 is 1.41 bits per heavy atom. The molecule has 1 heterocycles. The van der Waals surface area contributed by atoms with E-state index in [2.05, 4.69) is 78.8 Å². The van der Waals surface area contributed by atoms with Crippen LogP contribution in [0.3, 0.4) is 0 Å². The van der Waals surface area contributed by atoms with E-state index >= 15 is 0 Å². The highest BCUT2D eigenvalue weighted by molar-refractivity contribution is 5.85. The molecule has 0 aliphatic rings. The SMILES string of the molecule is CCCCCc1[nH]cc(-c2ccccc2)c1-c1ccccc1. The van der Waals surface area contributed by atoms with Crippen LogP contribution in [0.5, 0.6) is 0 Å². The first-order valence-electron chi connectivity index (χ1n) is 8.21. The van der Waals surface area contributed by atoms with Crippen molar-refractivity contribution in [3.05, 3.63) is 72.6 Å². The second kappa shape index (κ2) is 7.13. The predicted octanol–water partition coefficient (Wildman–Crippen LogP) is 6.08. The van der Waals surface area contributed by atoms with Crippen molar-refractivity contribution in [2.45, 2.75) is 32.6 Å².